The molecular weight excluding hydrogens is 196 g/mol. The van der Waals surface area contributed by atoms with Gasteiger partial charge in [0.2, 0.25) is 5.91 Å². The van der Waals surface area contributed by atoms with Gasteiger partial charge in [-0.3, -0.25) is 4.79 Å². The van der Waals surface area contributed by atoms with Crippen LogP contribution in [0.2, 0.25) is 0 Å². The molecule has 0 aromatic heterocycles. The Morgan fingerprint density at radius 3 is 2.86 bits per heavy atom. The van der Waals surface area contributed by atoms with Crippen LogP contribution in [0.3, 0.4) is 0 Å². The number of benzene rings is 1. The summed E-state index contributed by atoms with van der Waals surface area (Å²) < 4.78 is 0. The molecule has 1 fully saturated rings. The summed E-state index contributed by atoms with van der Waals surface area (Å²) in [6, 6.07) is 7.36. The maximum absolute atomic E-state index is 11.5. The minimum absolute atomic E-state index is 0.121. The topological polar surface area (TPSA) is 46.3 Å². The molecule has 3 nitrogen and oxygen atoms in total. The summed E-state index contributed by atoms with van der Waals surface area (Å²) in [6.07, 6.45) is 0.512. The molecule has 0 spiro atoms. The second-order valence-electron chi connectivity index (χ2n) is 3.46. The molecule has 1 aromatic rings. The second-order valence-corrected chi connectivity index (χ2v) is 4.19. The van der Waals surface area contributed by atoms with Crippen LogP contribution in [-0.4, -0.2) is 17.7 Å². The molecule has 1 aromatic carbocycles. The van der Waals surface area contributed by atoms with E-state index in [1.165, 1.54) is 0 Å². The summed E-state index contributed by atoms with van der Waals surface area (Å²) in [6.45, 7) is 0.672. The second kappa shape index (κ2) is 3.53. The van der Waals surface area contributed by atoms with E-state index >= 15 is 0 Å². The summed E-state index contributed by atoms with van der Waals surface area (Å²) in [5, 5.41) is 0.143. The third kappa shape index (κ3) is 1.70. The largest absolute Gasteiger partial charge is 0.399 e. The molecule has 14 heavy (non-hydrogen) atoms. The van der Waals surface area contributed by atoms with E-state index in [2.05, 4.69) is 12.6 Å². The number of hydrogen-bond acceptors (Lipinski definition) is 3. The summed E-state index contributed by atoms with van der Waals surface area (Å²) in [5.41, 5.74) is 7.20. The van der Waals surface area contributed by atoms with E-state index in [4.69, 9.17) is 5.73 Å². The quantitative estimate of drug-likeness (QED) is 0.540. The van der Waals surface area contributed by atoms with Gasteiger partial charge in [0.1, 0.15) is 0 Å². The Hall–Kier alpha value is -1.16. The molecule has 1 heterocycles. The highest BCUT2D eigenvalue weighted by Crippen LogP contribution is 2.25. The van der Waals surface area contributed by atoms with E-state index in [1.807, 2.05) is 24.3 Å². The number of nitrogens with two attached hydrogens (primary N) is 1. The monoisotopic (exact) mass is 208 g/mol. The predicted molar refractivity (Wildman–Crippen MR) is 60.6 cm³/mol. The van der Waals surface area contributed by atoms with Crippen molar-refractivity contribution in [1.29, 1.82) is 0 Å². The van der Waals surface area contributed by atoms with Crippen LogP contribution in [0.15, 0.2) is 24.3 Å². The van der Waals surface area contributed by atoms with Crippen molar-refractivity contribution < 1.29 is 4.79 Å². The fraction of sp³-hybridized carbons (Fsp3) is 0.300. The number of rotatable bonds is 1. The molecule has 2 rings (SSSR count). The third-order valence-corrected chi connectivity index (χ3v) is 2.63. The zero-order chi connectivity index (χ0) is 10.1. The van der Waals surface area contributed by atoms with Crippen LogP contribution in [0.1, 0.15) is 6.42 Å². The van der Waals surface area contributed by atoms with Gasteiger partial charge < -0.3 is 10.6 Å². The molecule has 2 N–H and O–H groups in total. The lowest BCUT2D eigenvalue weighted by Gasteiger charge is -2.16. The van der Waals surface area contributed by atoms with Crippen molar-refractivity contribution in [3.63, 3.8) is 0 Å². The number of hydrogen-bond donors (Lipinski definition) is 2. The maximum atomic E-state index is 11.5. The summed E-state index contributed by atoms with van der Waals surface area (Å²) in [4.78, 5) is 13.3. The molecule has 0 saturated carbocycles. The van der Waals surface area contributed by atoms with Crippen molar-refractivity contribution in [2.45, 2.75) is 11.7 Å². The number of amides is 1. The van der Waals surface area contributed by atoms with Gasteiger partial charge in [-0.05, 0) is 18.2 Å². The summed E-state index contributed by atoms with van der Waals surface area (Å²) in [5.74, 6) is 0.121. The molecule has 1 aliphatic heterocycles. The van der Waals surface area contributed by atoms with Gasteiger partial charge >= 0.3 is 0 Å². The molecule has 1 aliphatic rings. The molecule has 0 bridgehead atoms. The Kier molecular flexibility index (Phi) is 2.37. The fourth-order valence-electron chi connectivity index (χ4n) is 1.63. The number of carbonyl (C=O) groups excluding carboxylic acids is 1. The van der Waals surface area contributed by atoms with Crippen LogP contribution in [0, 0.1) is 0 Å². The van der Waals surface area contributed by atoms with E-state index in [-0.39, 0.29) is 11.2 Å². The van der Waals surface area contributed by atoms with E-state index < -0.39 is 0 Å². The van der Waals surface area contributed by atoms with Crippen molar-refractivity contribution in [2.24, 2.45) is 0 Å². The van der Waals surface area contributed by atoms with Gasteiger partial charge in [0.05, 0.1) is 0 Å². The fourth-order valence-corrected chi connectivity index (χ4v) is 1.95. The Balaban J connectivity index is 2.27. The van der Waals surface area contributed by atoms with Crippen LogP contribution in [0.5, 0.6) is 0 Å². The molecular formula is C10H12N2OS. The van der Waals surface area contributed by atoms with Crippen molar-refractivity contribution >= 4 is 29.9 Å². The first-order chi connectivity index (χ1) is 6.66. The lowest BCUT2D eigenvalue weighted by Crippen LogP contribution is -2.24. The molecule has 1 saturated heterocycles. The van der Waals surface area contributed by atoms with Gasteiger partial charge in [-0.25, -0.2) is 0 Å². The van der Waals surface area contributed by atoms with Crippen molar-refractivity contribution in [3.8, 4) is 0 Å². The molecule has 74 valence electrons. The average molecular weight is 208 g/mol. The van der Waals surface area contributed by atoms with Gasteiger partial charge in [-0.2, -0.15) is 12.6 Å². The third-order valence-electron chi connectivity index (χ3n) is 2.29. The SMILES string of the molecule is Nc1cccc(N2CC(S)CC2=O)c1. The lowest BCUT2D eigenvalue weighted by atomic mass is 10.2. The van der Waals surface area contributed by atoms with Crippen LogP contribution in [-0.2, 0) is 4.79 Å². The van der Waals surface area contributed by atoms with Crippen molar-refractivity contribution in [2.75, 3.05) is 17.2 Å². The van der Waals surface area contributed by atoms with Crippen molar-refractivity contribution in [1.82, 2.24) is 0 Å². The van der Waals surface area contributed by atoms with Crippen LogP contribution in [0.4, 0.5) is 11.4 Å². The van der Waals surface area contributed by atoms with E-state index in [0.717, 1.165) is 5.69 Å². The minimum atomic E-state index is 0.121. The first kappa shape index (κ1) is 9.40. The summed E-state index contributed by atoms with van der Waals surface area (Å²) >= 11 is 4.29. The Morgan fingerprint density at radius 2 is 2.29 bits per heavy atom. The minimum Gasteiger partial charge on any atom is -0.399 e. The standard InChI is InChI=1S/C10H12N2OS/c11-7-2-1-3-8(4-7)12-6-9(14)5-10(12)13/h1-4,9,14H,5-6,11H2. The van der Waals surface area contributed by atoms with Crippen LogP contribution in [0.25, 0.3) is 0 Å². The first-order valence-corrected chi connectivity index (χ1v) is 5.02. The van der Waals surface area contributed by atoms with Crippen LogP contribution >= 0.6 is 12.6 Å². The van der Waals surface area contributed by atoms with Crippen LogP contribution < -0.4 is 10.6 Å². The van der Waals surface area contributed by atoms with E-state index in [0.29, 0.717) is 18.7 Å². The van der Waals surface area contributed by atoms with Gasteiger partial charge in [0.15, 0.2) is 0 Å². The highest BCUT2D eigenvalue weighted by atomic mass is 32.1. The molecule has 1 atom stereocenters. The maximum Gasteiger partial charge on any atom is 0.228 e. The number of nitrogens with zero attached hydrogens (tertiary/aromatic N) is 1. The summed E-state index contributed by atoms with van der Waals surface area (Å²) in [7, 11) is 0. The highest BCUT2D eigenvalue weighted by Gasteiger charge is 2.28. The predicted octanol–water partition coefficient (Wildman–Crippen LogP) is 1.30. The normalized spacial score (nSPS) is 21.6. The van der Waals surface area contributed by atoms with Gasteiger partial charge in [-0.15, -0.1) is 0 Å². The van der Waals surface area contributed by atoms with Gasteiger partial charge in [0.25, 0.3) is 0 Å². The Bertz CT molecular complexity index is 367. The Morgan fingerprint density at radius 1 is 1.50 bits per heavy atom. The lowest BCUT2D eigenvalue weighted by molar-refractivity contribution is -0.117. The zero-order valence-electron chi connectivity index (χ0n) is 7.68. The highest BCUT2D eigenvalue weighted by molar-refractivity contribution is 7.81. The Labute approximate surface area is 88.3 Å². The van der Waals surface area contributed by atoms with Crippen molar-refractivity contribution in [3.05, 3.63) is 24.3 Å². The molecule has 4 heteroatoms. The molecule has 0 radical (unpaired) electrons. The van der Waals surface area contributed by atoms with E-state index in [9.17, 15) is 4.79 Å². The first-order valence-electron chi connectivity index (χ1n) is 4.51. The molecule has 0 aliphatic carbocycles. The van der Waals surface area contributed by atoms with Gasteiger partial charge in [0, 0.05) is 29.6 Å². The average Bonchev–Trinajstić information content (AvgIpc) is 2.45. The number of thiol groups is 1. The number of nitrogen functional groups attached to an aromatic ring is 1. The smallest absolute Gasteiger partial charge is 0.228 e. The number of carbonyl (C=O) groups is 1. The number of anilines is 2. The van der Waals surface area contributed by atoms with Gasteiger partial charge in [-0.1, -0.05) is 6.07 Å². The molecule has 1 unspecified atom stereocenters. The van der Waals surface area contributed by atoms with E-state index in [1.54, 1.807) is 4.90 Å². The molecule has 1 amide bonds. The zero-order valence-corrected chi connectivity index (χ0v) is 8.58.